The van der Waals surface area contributed by atoms with Crippen molar-refractivity contribution in [2.75, 3.05) is 43.2 Å². The number of hydrogen-bond acceptors (Lipinski definition) is 7. The molecule has 3 amide bonds. The van der Waals surface area contributed by atoms with Crippen molar-refractivity contribution in [1.29, 1.82) is 0 Å². The minimum atomic E-state index is -1.42. The minimum absolute atomic E-state index is 0.251. The zero-order chi connectivity index (χ0) is 31.2. The Morgan fingerprint density at radius 1 is 0.864 bits per heavy atom. The fourth-order valence-corrected chi connectivity index (χ4v) is 7.38. The number of nitrogens with zero attached hydrogens (tertiary/aromatic N) is 3. The summed E-state index contributed by atoms with van der Waals surface area (Å²) in [7, 11) is 1.58. The average Bonchev–Trinajstić information content (AvgIpc) is 3.30. The van der Waals surface area contributed by atoms with E-state index in [0.717, 1.165) is 0 Å². The lowest BCUT2D eigenvalue weighted by Crippen LogP contribution is -2.58. The van der Waals surface area contributed by atoms with Gasteiger partial charge in [-0.15, -0.1) is 0 Å². The summed E-state index contributed by atoms with van der Waals surface area (Å²) < 4.78 is 17.8. The largest absolute Gasteiger partial charge is 0.497 e. The van der Waals surface area contributed by atoms with Crippen LogP contribution in [-0.2, 0) is 19.1 Å². The SMILES string of the molecule is CCOc1ccc(N2CC=C[C@]3(C)O[C@]45C=CCN(c6ccc(OC)cc6)C(=O)C4N([C@@H](CC)CO)C(=O)[C@@H]5[C@@H]3C2=O)cc1. The predicted molar refractivity (Wildman–Crippen MR) is 165 cm³/mol. The number of anilines is 2. The molecular weight excluding hydrogens is 562 g/mol. The molecule has 1 spiro atoms. The molecule has 2 aromatic carbocycles. The number of methoxy groups -OCH3 is 1. The number of aliphatic hydroxyl groups is 1. The van der Waals surface area contributed by atoms with Crippen LogP contribution in [-0.4, -0.2) is 84.4 Å². The Bertz CT molecular complexity index is 1490. The van der Waals surface area contributed by atoms with Crippen molar-refractivity contribution < 1.29 is 33.7 Å². The quantitative estimate of drug-likeness (QED) is 0.463. The van der Waals surface area contributed by atoms with Crippen LogP contribution in [0.1, 0.15) is 27.2 Å². The number of aliphatic hydroxyl groups excluding tert-OH is 1. The Labute approximate surface area is 257 Å². The topological polar surface area (TPSA) is 109 Å². The average molecular weight is 602 g/mol. The van der Waals surface area contributed by atoms with E-state index < -0.39 is 35.1 Å². The van der Waals surface area contributed by atoms with Crippen LogP contribution in [0, 0.1) is 11.8 Å². The molecule has 44 heavy (non-hydrogen) atoms. The van der Waals surface area contributed by atoms with Crippen molar-refractivity contribution >= 4 is 29.1 Å². The van der Waals surface area contributed by atoms with Crippen LogP contribution in [0.3, 0.4) is 0 Å². The fourth-order valence-electron chi connectivity index (χ4n) is 7.38. The van der Waals surface area contributed by atoms with Gasteiger partial charge in [0.05, 0.1) is 43.8 Å². The van der Waals surface area contributed by atoms with Gasteiger partial charge in [-0.25, -0.2) is 0 Å². The van der Waals surface area contributed by atoms with Gasteiger partial charge in [0.1, 0.15) is 23.1 Å². The first-order valence-electron chi connectivity index (χ1n) is 15.2. The number of carbonyl (C=O) groups excluding carboxylic acids is 3. The number of carbonyl (C=O) groups is 3. The molecule has 4 aliphatic rings. The van der Waals surface area contributed by atoms with Gasteiger partial charge in [0.25, 0.3) is 5.91 Å². The summed E-state index contributed by atoms with van der Waals surface area (Å²) in [5.41, 5.74) is -1.25. The summed E-state index contributed by atoms with van der Waals surface area (Å²) >= 11 is 0. The van der Waals surface area contributed by atoms with Crippen LogP contribution < -0.4 is 19.3 Å². The van der Waals surface area contributed by atoms with Gasteiger partial charge >= 0.3 is 0 Å². The zero-order valence-corrected chi connectivity index (χ0v) is 25.5. The summed E-state index contributed by atoms with van der Waals surface area (Å²) in [6.07, 6.45) is 7.83. The van der Waals surface area contributed by atoms with E-state index >= 15 is 0 Å². The summed E-state index contributed by atoms with van der Waals surface area (Å²) in [5, 5.41) is 10.4. The highest BCUT2D eigenvalue weighted by atomic mass is 16.5. The third kappa shape index (κ3) is 4.50. The fraction of sp³-hybridized carbons (Fsp3) is 0.441. The Kier molecular flexibility index (Phi) is 7.75. The van der Waals surface area contributed by atoms with Crippen LogP contribution >= 0.6 is 0 Å². The lowest BCUT2D eigenvalue weighted by Gasteiger charge is -2.40. The highest BCUT2D eigenvalue weighted by molar-refractivity contribution is 6.07. The number of rotatable bonds is 8. The molecule has 10 nitrogen and oxygen atoms in total. The maximum Gasteiger partial charge on any atom is 0.253 e. The van der Waals surface area contributed by atoms with E-state index in [1.54, 1.807) is 41.2 Å². The molecule has 1 N–H and O–H groups in total. The van der Waals surface area contributed by atoms with Gasteiger partial charge < -0.3 is 34.0 Å². The molecule has 0 aromatic heterocycles. The third-order valence-corrected chi connectivity index (χ3v) is 9.41. The highest BCUT2D eigenvalue weighted by Gasteiger charge is 2.75. The Hall–Kier alpha value is -4.15. The van der Waals surface area contributed by atoms with Crippen LogP contribution in [0.15, 0.2) is 72.8 Å². The maximum atomic E-state index is 14.6. The lowest BCUT2D eigenvalue weighted by atomic mass is 9.74. The number of hydrogen-bond donors (Lipinski definition) is 1. The maximum absolute atomic E-state index is 14.6. The lowest BCUT2D eigenvalue weighted by molar-refractivity contribution is -0.148. The van der Waals surface area contributed by atoms with Crippen LogP contribution in [0.2, 0.25) is 0 Å². The Morgan fingerprint density at radius 3 is 2.02 bits per heavy atom. The van der Waals surface area contributed by atoms with Gasteiger partial charge in [0.15, 0.2) is 0 Å². The molecule has 0 radical (unpaired) electrons. The predicted octanol–water partition coefficient (Wildman–Crippen LogP) is 3.34. The normalized spacial score (nSPS) is 30.1. The standard InChI is InChI=1S/C34H39N3O7/c1-5-22(21-38)37-29-32(41)36(24-9-13-25(42-4)14-10-24)20-8-18-34(29)28(31(37)40)27-30(39)35(19-7-17-33(27,3)44-34)23-11-15-26(16-12-23)43-6-2/h7-18,22,27-29,38H,5-6,19-21H2,1-4H3/t22-,27+,28-,29?,33-,34-/m0/s1. The van der Waals surface area contributed by atoms with Gasteiger partial charge in [-0.3, -0.25) is 14.4 Å². The highest BCUT2D eigenvalue weighted by Crippen LogP contribution is 2.58. The minimum Gasteiger partial charge on any atom is -0.497 e. The van der Waals surface area contributed by atoms with Crippen molar-refractivity contribution in [3.05, 3.63) is 72.8 Å². The molecule has 2 fully saturated rings. The van der Waals surface area contributed by atoms with Gasteiger partial charge in [0.2, 0.25) is 11.8 Å². The van der Waals surface area contributed by atoms with E-state index in [0.29, 0.717) is 42.4 Å². The van der Waals surface area contributed by atoms with Gasteiger partial charge in [-0.2, -0.15) is 0 Å². The Balaban J connectivity index is 1.44. The van der Waals surface area contributed by atoms with Crippen LogP contribution in [0.25, 0.3) is 0 Å². The molecule has 4 heterocycles. The van der Waals surface area contributed by atoms with Crippen molar-refractivity contribution in [3.63, 3.8) is 0 Å². The molecular formula is C34H39N3O7. The molecule has 0 bridgehead atoms. The number of amides is 3. The number of benzene rings is 2. The summed E-state index contributed by atoms with van der Waals surface area (Å²) in [5.74, 6) is -1.49. The summed E-state index contributed by atoms with van der Waals surface area (Å²) in [4.78, 5) is 48.5. The van der Waals surface area contributed by atoms with E-state index in [9.17, 15) is 19.5 Å². The van der Waals surface area contributed by atoms with Crippen molar-refractivity contribution in [2.24, 2.45) is 11.8 Å². The molecule has 232 valence electrons. The van der Waals surface area contributed by atoms with E-state index in [1.165, 1.54) is 4.90 Å². The van der Waals surface area contributed by atoms with Gasteiger partial charge in [0, 0.05) is 24.5 Å². The molecule has 1 unspecified atom stereocenters. The second-order valence-corrected chi connectivity index (χ2v) is 11.8. The third-order valence-electron chi connectivity index (χ3n) is 9.41. The van der Waals surface area contributed by atoms with Gasteiger partial charge in [-0.05, 0) is 68.8 Å². The first-order chi connectivity index (χ1) is 21.2. The molecule has 0 saturated carbocycles. The smallest absolute Gasteiger partial charge is 0.253 e. The molecule has 0 aliphatic carbocycles. The number of ether oxygens (including phenoxy) is 3. The second-order valence-electron chi connectivity index (χ2n) is 11.8. The first kappa shape index (κ1) is 29.9. The molecule has 6 rings (SSSR count). The summed E-state index contributed by atoms with van der Waals surface area (Å²) in [6.45, 7) is 6.36. The van der Waals surface area contributed by atoms with E-state index in [4.69, 9.17) is 14.2 Å². The summed E-state index contributed by atoms with van der Waals surface area (Å²) in [6, 6.07) is 12.7. The first-order valence-corrected chi connectivity index (χ1v) is 15.2. The second kappa shape index (κ2) is 11.4. The van der Waals surface area contributed by atoms with Crippen molar-refractivity contribution in [1.82, 2.24) is 4.90 Å². The van der Waals surface area contributed by atoms with Crippen LogP contribution in [0.4, 0.5) is 11.4 Å². The van der Waals surface area contributed by atoms with Crippen molar-refractivity contribution in [2.45, 2.75) is 50.5 Å². The number of likely N-dealkylation sites (tertiary alicyclic amines) is 1. The molecule has 2 saturated heterocycles. The van der Waals surface area contributed by atoms with E-state index in [1.807, 2.05) is 69.3 Å². The van der Waals surface area contributed by atoms with E-state index in [2.05, 4.69) is 0 Å². The molecule has 6 atom stereocenters. The van der Waals surface area contributed by atoms with Crippen LogP contribution in [0.5, 0.6) is 11.5 Å². The Morgan fingerprint density at radius 2 is 1.45 bits per heavy atom. The zero-order valence-electron chi connectivity index (χ0n) is 25.5. The molecule has 2 aromatic rings. The monoisotopic (exact) mass is 601 g/mol. The van der Waals surface area contributed by atoms with E-state index in [-0.39, 0.29) is 30.9 Å². The molecule has 10 heteroatoms. The number of fused-ring (bicyclic) bond motifs is 2. The van der Waals surface area contributed by atoms with Crippen molar-refractivity contribution in [3.8, 4) is 11.5 Å². The van der Waals surface area contributed by atoms with Gasteiger partial charge in [-0.1, -0.05) is 31.2 Å². The molecule has 4 aliphatic heterocycles.